The summed E-state index contributed by atoms with van der Waals surface area (Å²) in [6.45, 7) is 3.54. The molecule has 0 bridgehead atoms. The lowest BCUT2D eigenvalue weighted by atomic mass is 9.87. The van der Waals surface area contributed by atoms with Crippen molar-refractivity contribution in [1.29, 1.82) is 0 Å². The number of carbonyl (C=O) groups is 2. The number of benzene rings is 3. The van der Waals surface area contributed by atoms with Crippen molar-refractivity contribution in [3.05, 3.63) is 117 Å². The van der Waals surface area contributed by atoms with Gasteiger partial charge < -0.3 is 15.0 Å². The Morgan fingerprint density at radius 2 is 1.85 bits per heavy atom. The first kappa shape index (κ1) is 25.3. The van der Waals surface area contributed by atoms with Gasteiger partial charge >= 0.3 is 0 Å². The average Bonchev–Trinajstić information content (AvgIpc) is 3.72. The summed E-state index contributed by atoms with van der Waals surface area (Å²) >= 11 is 1.41. The van der Waals surface area contributed by atoms with Crippen LogP contribution in [0.25, 0.3) is 0 Å². The smallest absolute Gasteiger partial charge is 0.271 e. The van der Waals surface area contributed by atoms with Gasteiger partial charge in [0.05, 0.1) is 6.04 Å². The van der Waals surface area contributed by atoms with Gasteiger partial charge in [0.25, 0.3) is 5.91 Å². The first-order valence-corrected chi connectivity index (χ1v) is 14.3. The molecule has 0 radical (unpaired) electrons. The molecule has 2 heterocycles. The van der Waals surface area contributed by atoms with Gasteiger partial charge in [0.1, 0.15) is 23.1 Å². The van der Waals surface area contributed by atoms with E-state index in [2.05, 4.69) is 58.5 Å². The van der Waals surface area contributed by atoms with Gasteiger partial charge in [0, 0.05) is 24.4 Å². The molecule has 2 amide bonds. The van der Waals surface area contributed by atoms with Crippen LogP contribution in [-0.2, 0) is 24.4 Å². The van der Waals surface area contributed by atoms with E-state index in [4.69, 9.17) is 4.74 Å². The number of fused-ring (bicyclic) bond motifs is 1. The molecule has 7 heteroatoms. The van der Waals surface area contributed by atoms with E-state index < -0.39 is 0 Å². The van der Waals surface area contributed by atoms with Crippen molar-refractivity contribution >= 4 is 23.2 Å². The molecule has 1 aliphatic heterocycles. The molecule has 3 aromatic carbocycles. The molecule has 2 aliphatic rings. The summed E-state index contributed by atoms with van der Waals surface area (Å²) in [5.74, 6) is 0.967. The second kappa shape index (κ2) is 11.0. The number of ether oxygens (including phenoxy) is 1. The van der Waals surface area contributed by atoms with Crippen LogP contribution in [0.2, 0.25) is 0 Å². The summed E-state index contributed by atoms with van der Waals surface area (Å²) in [6.07, 6.45) is 2.82. The lowest BCUT2D eigenvalue weighted by molar-refractivity contribution is -0.134. The minimum atomic E-state index is -0.198. The molecule has 1 aromatic heterocycles. The Hall–Kier alpha value is -3.97. The molecule has 6 rings (SSSR count). The number of amides is 2. The lowest BCUT2D eigenvalue weighted by Crippen LogP contribution is -2.41. The summed E-state index contributed by atoms with van der Waals surface area (Å²) in [7, 11) is 0. The molecule has 39 heavy (non-hydrogen) atoms. The van der Waals surface area contributed by atoms with Crippen LogP contribution in [0.1, 0.15) is 62.2 Å². The van der Waals surface area contributed by atoms with Crippen LogP contribution in [0.15, 0.2) is 78.2 Å². The first-order chi connectivity index (χ1) is 19.0. The van der Waals surface area contributed by atoms with E-state index in [0.717, 1.165) is 53.3 Å². The Balaban J connectivity index is 1.17. The van der Waals surface area contributed by atoms with E-state index in [-0.39, 0.29) is 30.4 Å². The van der Waals surface area contributed by atoms with Gasteiger partial charge in [-0.25, -0.2) is 4.98 Å². The van der Waals surface area contributed by atoms with Crippen LogP contribution in [-0.4, -0.2) is 28.2 Å². The fourth-order valence-electron chi connectivity index (χ4n) is 5.09. The van der Waals surface area contributed by atoms with Crippen molar-refractivity contribution in [2.45, 2.75) is 45.4 Å². The number of nitrogens with zero attached hydrogens (tertiary/aromatic N) is 2. The van der Waals surface area contributed by atoms with Crippen LogP contribution >= 0.6 is 11.3 Å². The maximum absolute atomic E-state index is 13.3. The standard InChI is InChI=1S/C32H31N3O3S/c1-21-7-9-24(10-8-21)30-27-17-26(14-13-23(27)15-16-35(30)32(37)25-11-12-25)38-19-29-34-28(20-39-29)31(36)33-18-22-5-3-2-4-6-22/h2-10,13-14,17,20,25,30H,11-12,15-16,18-19H2,1H3,(H,33,36)/t30-/m0/s1. The van der Waals surface area contributed by atoms with Gasteiger partial charge in [-0.3, -0.25) is 9.59 Å². The van der Waals surface area contributed by atoms with E-state index >= 15 is 0 Å². The number of thiazole rings is 1. The molecule has 0 saturated heterocycles. The third-order valence-electron chi connectivity index (χ3n) is 7.39. The third kappa shape index (κ3) is 5.73. The molecule has 1 aliphatic carbocycles. The normalized spacial score (nSPS) is 16.4. The van der Waals surface area contributed by atoms with E-state index in [9.17, 15) is 9.59 Å². The van der Waals surface area contributed by atoms with Gasteiger partial charge in [-0.05, 0) is 60.6 Å². The Labute approximate surface area is 232 Å². The van der Waals surface area contributed by atoms with Gasteiger partial charge in [-0.15, -0.1) is 11.3 Å². The predicted octanol–water partition coefficient (Wildman–Crippen LogP) is 5.84. The molecule has 1 fully saturated rings. The van der Waals surface area contributed by atoms with Crippen LogP contribution in [0.5, 0.6) is 5.75 Å². The molecule has 4 aromatic rings. The zero-order chi connectivity index (χ0) is 26.8. The van der Waals surface area contributed by atoms with Crippen molar-refractivity contribution in [3.63, 3.8) is 0 Å². The van der Waals surface area contributed by atoms with Crippen molar-refractivity contribution in [2.75, 3.05) is 6.54 Å². The molecule has 0 spiro atoms. The lowest BCUT2D eigenvalue weighted by Gasteiger charge is -2.38. The molecular formula is C32H31N3O3S. The van der Waals surface area contributed by atoms with Crippen molar-refractivity contribution < 1.29 is 14.3 Å². The third-order valence-corrected chi connectivity index (χ3v) is 8.21. The highest BCUT2D eigenvalue weighted by Gasteiger charge is 2.39. The zero-order valence-corrected chi connectivity index (χ0v) is 22.7. The summed E-state index contributed by atoms with van der Waals surface area (Å²) in [5, 5.41) is 5.42. The molecule has 6 nitrogen and oxygen atoms in total. The number of aryl methyl sites for hydroxylation is 1. The van der Waals surface area contributed by atoms with Crippen LogP contribution in [0.3, 0.4) is 0 Å². The van der Waals surface area contributed by atoms with E-state index in [1.54, 1.807) is 5.38 Å². The number of nitrogens with one attached hydrogen (secondary N) is 1. The first-order valence-electron chi connectivity index (χ1n) is 13.4. The fourth-order valence-corrected chi connectivity index (χ4v) is 5.77. The van der Waals surface area contributed by atoms with E-state index in [1.165, 1.54) is 22.5 Å². The van der Waals surface area contributed by atoms with Gasteiger partial charge in [0.2, 0.25) is 5.91 Å². The maximum atomic E-state index is 13.3. The van der Waals surface area contributed by atoms with Crippen molar-refractivity contribution in [1.82, 2.24) is 15.2 Å². The molecule has 1 atom stereocenters. The molecular weight excluding hydrogens is 506 g/mol. The summed E-state index contributed by atoms with van der Waals surface area (Å²) in [6, 6.07) is 24.4. The van der Waals surface area contributed by atoms with E-state index in [0.29, 0.717) is 12.2 Å². The van der Waals surface area contributed by atoms with Gasteiger partial charge in [-0.2, -0.15) is 0 Å². The Morgan fingerprint density at radius 3 is 2.62 bits per heavy atom. The second-order valence-electron chi connectivity index (χ2n) is 10.3. The quantitative estimate of drug-likeness (QED) is 0.306. The zero-order valence-electron chi connectivity index (χ0n) is 21.9. The Bertz CT molecular complexity index is 1480. The van der Waals surface area contributed by atoms with Crippen molar-refractivity contribution in [2.24, 2.45) is 5.92 Å². The van der Waals surface area contributed by atoms with Gasteiger partial charge in [0.15, 0.2) is 0 Å². The van der Waals surface area contributed by atoms with Crippen LogP contribution in [0.4, 0.5) is 0 Å². The molecule has 1 saturated carbocycles. The SMILES string of the molecule is Cc1ccc([C@H]2c3cc(OCc4nc(C(=O)NCc5ccccc5)cs4)ccc3CCN2C(=O)C2CC2)cc1. The molecule has 0 unspecified atom stereocenters. The maximum Gasteiger partial charge on any atom is 0.271 e. The minimum Gasteiger partial charge on any atom is -0.486 e. The highest BCUT2D eigenvalue weighted by Crippen LogP contribution is 2.41. The molecule has 1 N–H and O–H groups in total. The summed E-state index contributed by atoms with van der Waals surface area (Å²) in [5.41, 5.74) is 6.13. The number of aromatic nitrogens is 1. The van der Waals surface area contributed by atoms with Crippen LogP contribution < -0.4 is 10.1 Å². The average molecular weight is 538 g/mol. The minimum absolute atomic E-state index is 0.120. The van der Waals surface area contributed by atoms with E-state index in [1.807, 2.05) is 36.4 Å². The summed E-state index contributed by atoms with van der Waals surface area (Å²) < 4.78 is 6.15. The van der Waals surface area contributed by atoms with Crippen LogP contribution in [0, 0.1) is 12.8 Å². The Kier molecular flexibility index (Phi) is 7.16. The monoisotopic (exact) mass is 537 g/mol. The predicted molar refractivity (Wildman–Crippen MR) is 152 cm³/mol. The number of carbonyl (C=O) groups excluding carboxylic acids is 2. The summed E-state index contributed by atoms with van der Waals surface area (Å²) in [4.78, 5) is 32.4. The largest absolute Gasteiger partial charge is 0.486 e. The number of hydrogen-bond donors (Lipinski definition) is 1. The van der Waals surface area contributed by atoms with Gasteiger partial charge in [-0.1, -0.05) is 66.2 Å². The Morgan fingerprint density at radius 1 is 1.05 bits per heavy atom. The fraction of sp³-hybridized carbons (Fsp3) is 0.281. The number of hydrogen-bond acceptors (Lipinski definition) is 5. The highest BCUT2D eigenvalue weighted by atomic mass is 32.1. The highest BCUT2D eigenvalue weighted by molar-refractivity contribution is 7.09. The molecule has 198 valence electrons. The second-order valence-corrected chi connectivity index (χ2v) is 11.3. The number of rotatable bonds is 8. The van der Waals surface area contributed by atoms with Crippen molar-refractivity contribution in [3.8, 4) is 5.75 Å². The topological polar surface area (TPSA) is 71.5 Å².